The highest BCUT2D eigenvalue weighted by atomic mass is 32.2. The van der Waals surface area contributed by atoms with Crippen molar-refractivity contribution in [2.45, 2.75) is 9.79 Å². The van der Waals surface area contributed by atoms with E-state index in [2.05, 4.69) is 146 Å². The molecule has 0 spiro atoms. The van der Waals surface area contributed by atoms with Crippen LogP contribution in [0.2, 0.25) is 0 Å². The summed E-state index contributed by atoms with van der Waals surface area (Å²) in [5.41, 5.74) is 7.64. The van der Waals surface area contributed by atoms with Crippen LogP contribution in [0.25, 0.3) is 76.5 Å². The maximum Gasteiger partial charge on any atom is 0.0207 e. The SMILES string of the molecule is c1cc2c3c(cccc3c1)-c1cc(-c3ccc(-c4ccc5c6ccccc6c6ccccc6c5c4)cc3)ccc1S2. The van der Waals surface area contributed by atoms with E-state index in [0.717, 1.165) is 0 Å². The summed E-state index contributed by atoms with van der Waals surface area (Å²) in [6, 6.07) is 53.8. The first-order chi connectivity index (χ1) is 20.3. The van der Waals surface area contributed by atoms with E-state index in [9.17, 15) is 0 Å². The van der Waals surface area contributed by atoms with Crippen molar-refractivity contribution in [2.24, 2.45) is 0 Å². The Bertz CT molecular complexity index is 2290. The van der Waals surface area contributed by atoms with Crippen molar-refractivity contribution in [3.05, 3.63) is 146 Å². The fourth-order valence-corrected chi connectivity index (χ4v) is 7.81. The van der Waals surface area contributed by atoms with E-state index in [1.54, 1.807) is 0 Å². The fourth-order valence-electron chi connectivity index (χ4n) is 6.69. The molecule has 0 radical (unpaired) electrons. The summed E-state index contributed by atoms with van der Waals surface area (Å²) in [5, 5.41) is 10.5. The van der Waals surface area contributed by atoms with Crippen molar-refractivity contribution in [2.75, 3.05) is 0 Å². The second-order valence-corrected chi connectivity index (χ2v) is 12.0. The lowest BCUT2D eigenvalue weighted by Crippen LogP contribution is -1.93. The summed E-state index contributed by atoms with van der Waals surface area (Å²) < 4.78 is 0. The molecular formula is C40H24S. The minimum Gasteiger partial charge on any atom is -0.0888 e. The Morgan fingerprint density at radius 3 is 1.54 bits per heavy atom. The average molecular weight is 537 g/mol. The molecule has 190 valence electrons. The third kappa shape index (κ3) is 3.49. The predicted octanol–water partition coefficient (Wildman–Crippen LogP) is 11.8. The van der Waals surface area contributed by atoms with Gasteiger partial charge in [0.1, 0.15) is 0 Å². The van der Waals surface area contributed by atoms with Crippen LogP contribution >= 0.6 is 11.8 Å². The molecular weight excluding hydrogens is 513 g/mol. The van der Waals surface area contributed by atoms with Gasteiger partial charge >= 0.3 is 0 Å². The Balaban J connectivity index is 1.14. The first-order valence-corrected chi connectivity index (χ1v) is 14.9. The molecule has 0 aliphatic carbocycles. The highest BCUT2D eigenvalue weighted by Crippen LogP contribution is 2.48. The number of hydrogen-bond donors (Lipinski definition) is 0. The van der Waals surface area contributed by atoms with Crippen molar-refractivity contribution in [1.29, 1.82) is 0 Å². The summed E-state index contributed by atoms with van der Waals surface area (Å²) >= 11 is 1.88. The van der Waals surface area contributed by atoms with Crippen LogP contribution in [-0.4, -0.2) is 0 Å². The van der Waals surface area contributed by atoms with E-state index in [1.165, 1.54) is 86.3 Å². The molecule has 0 atom stereocenters. The van der Waals surface area contributed by atoms with Gasteiger partial charge in [0.05, 0.1) is 0 Å². The average Bonchev–Trinajstić information content (AvgIpc) is 3.05. The van der Waals surface area contributed by atoms with Gasteiger partial charge in [0.25, 0.3) is 0 Å². The smallest absolute Gasteiger partial charge is 0.0207 e. The molecule has 8 aromatic carbocycles. The van der Waals surface area contributed by atoms with Gasteiger partial charge in [-0.3, -0.25) is 0 Å². The van der Waals surface area contributed by atoms with Crippen LogP contribution in [0.15, 0.2) is 155 Å². The zero-order chi connectivity index (χ0) is 26.9. The van der Waals surface area contributed by atoms with E-state index in [4.69, 9.17) is 0 Å². The normalized spacial score (nSPS) is 12.3. The van der Waals surface area contributed by atoms with Crippen molar-refractivity contribution < 1.29 is 0 Å². The largest absolute Gasteiger partial charge is 0.0888 e. The maximum absolute atomic E-state index is 2.37. The standard InChI is InChI=1S/C40H24S/c1-2-11-32-30(9-1)31-10-3-4-12-33(31)36-23-28(19-21-34(32)36)25-15-17-26(18-16-25)29-20-22-38-37(24-29)35-13-5-7-27-8-6-14-39(41-38)40(27)35/h1-24H. The summed E-state index contributed by atoms with van der Waals surface area (Å²) in [6.45, 7) is 0. The van der Waals surface area contributed by atoms with Gasteiger partial charge < -0.3 is 0 Å². The molecule has 1 aliphatic rings. The second kappa shape index (κ2) is 8.83. The Morgan fingerprint density at radius 1 is 0.317 bits per heavy atom. The van der Waals surface area contributed by atoms with Crippen LogP contribution < -0.4 is 0 Å². The molecule has 1 heterocycles. The molecule has 0 nitrogen and oxygen atoms in total. The van der Waals surface area contributed by atoms with Gasteiger partial charge in [0, 0.05) is 15.2 Å². The highest BCUT2D eigenvalue weighted by molar-refractivity contribution is 7.99. The third-order valence-corrected chi connectivity index (χ3v) is 9.79. The van der Waals surface area contributed by atoms with Crippen LogP contribution in [0, 0.1) is 0 Å². The molecule has 0 unspecified atom stereocenters. The molecule has 0 bridgehead atoms. The monoisotopic (exact) mass is 536 g/mol. The van der Waals surface area contributed by atoms with E-state index >= 15 is 0 Å². The van der Waals surface area contributed by atoms with Crippen LogP contribution in [0.3, 0.4) is 0 Å². The van der Waals surface area contributed by atoms with E-state index < -0.39 is 0 Å². The number of benzene rings is 8. The molecule has 0 amide bonds. The molecule has 8 aromatic rings. The number of rotatable bonds is 2. The van der Waals surface area contributed by atoms with E-state index in [0.29, 0.717) is 0 Å². The first kappa shape index (κ1) is 22.9. The topological polar surface area (TPSA) is 0 Å². The zero-order valence-electron chi connectivity index (χ0n) is 22.3. The Kier molecular flexibility index (Phi) is 4.93. The lowest BCUT2D eigenvalue weighted by Gasteiger charge is -2.21. The fraction of sp³-hybridized carbons (Fsp3) is 0. The molecule has 41 heavy (non-hydrogen) atoms. The first-order valence-electron chi connectivity index (χ1n) is 14.1. The molecule has 0 aromatic heterocycles. The summed E-state index contributed by atoms with van der Waals surface area (Å²) in [5.74, 6) is 0. The second-order valence-electron chi connectivity index (χ2n) is 10.9. The van der Waals surface area contributed by atoms with Gasteiger partial charge in [0.2, 0.25) is 0 Å². The van der Waals surface area contributed by atoms with Crippen LogP contribution in [0.1, 0.15) is 0 Å². The lowest BCUT2D eigenvalue weighted by atomic mass is 9.91. The minimum atomic E-state index is 1.24. The van der Waals surface area contributed by atoms with Crippen LogP contribution in [0.5, 0.6) is 0 Å². The molecule has 1 heteroatoms. The molecule has 9 rings (SSSR count). The number of fused-ring (bicyclic) bond motifs is 8. The lowest BCUT2D eigenvalue weighted by molar-refractivity contribution is 1.39. The van der Waals surface area contributed by atoms with Gasteiger partial charge in [-0.05, 0) is 95.3 Å². The summed E-state index contributed by atoms with van der Waals surface area (Å²) in [6.07, 6.45) is 0. The third-order valence-electron chi connectivity index (χ3n) is 8.65. The van der Waals surface area contributed by atoms with Gasteiger partial charge in [-0.25, -0.2) is 0 Å². The molecule has 1 aliphatic heterocycles. The molecule has 0 saturated carbocycles. The predicted molar refractivity (Wildman–Crippen MR) is 177 cm³/mol. The molecule has 0 fully saturated rings. The van der Waals surface area contributed by atoms with Crippen LogP contribution in [0.4, 0.5) is 0 Å². The van der Waals surface area contributed by atoms with E-state index in [-0.39, 0.29) is 0 Å². The van der Waals surface area contributed by atoms with Gasteiger partial charge in [-0.1, -0.05) is 133 Å². The quantitative estimate of drug-likeness (QED) is 0.198. The highest BCUT2D eigenvalue weighted by Gasteiger charge is 2.19. The van der Waals surface area contributed by atoms with Gasteiger partial charge in [-0.2, -0.15) is 0 Å². The molecule has 0 N–H and O–H groups in total. The summed E-state index contributed by atoms with van der Waals surface area (Å²) in [4.78, 5) is 2.67. The zero-order valence-corrected chi connectivity index (χ0v) is 23.1. The van der Waals surface area contributed by atoms with Crippen LogP contribution in [-0.2, 0) is 0 Å². The van der Waals surface area contributed by atoms with Crippen molar-refractivity contribution in [3.63, 3.8) is 0 Å². The minimum absolute atomic E-state index is 1.24. The van der Waals surface area contributed by atoms with Crippen molar-refractivity contribution in [1.82, 2.24) is 0 Å². The molecule has 0 saturated heterocycles. The van der Waals surface area contributed by atoms with Gasteiger partial charge in [-0.15, -0.1) is 0 Å². The Labute approximate surface area is 242 Å². The summed E-state index contributed by atoms with van der Waals surface area (Å²) in [7, 11) is 0. The Morgan fingerprint density at radius 2 is 0.854 bits per heavy atom. The Hall–Kier alpha value is -4.85. The number of hydrogen-bond acceptors (Lipinski definition) is 1. The van der Waals surface area contributed by atoms with E-state index in [1.807, 2.05) is 11.8 Å². The van der Waals surface area contributed by atoms with Crippen molar-refractivity contribution in [3.8, 4) is 33.4 Å². The maximum atomic E-state index is 2.37. The van der Waals surface area contributed by atoms with Gasteiger partial charge in [0.15, 0.2) is 0 Å². The van der Waals surface area contributed by atoms with Crippen molar-refractivity contribution >= 4 is 54.9 Å².